The van der Waals surface area contributed by atoms with Crippen LogP contribution in [0.4, 0.5) is 5.69 Å². The molecule has 18 heavy (non-hydrogen) atoms. The van der Waals surface area contributed by atoms with Crippen LogP contribution in [-0.4, -0.2) is 38.0 Å². The number of rotatable bonds is 3. The zero-order valence-corrected chi connectivity index (χ0v) is 11.6. The molecule has 4 nitrogen and oxygen atoms in total. The summed E-state index contributed by atoms with van der Waals surface area (Å²) in [5, 5.41) is 6.56. The van der Waals surface area contributed by atoms with Crippen LogP contribution in [0, 0.1) is 0 Å². The fourth-order valence-corrected chi connectivity index (χ4v) is 2.57. The second-order valence-electron chi connectivity index (χ2n) is 3.90. The van der Waals surface area contributed by atoms with Crippen LogP contribution in [0.5, 0.6) is 0 Å². The molecular weight excluding hydrogens is 272 g/mol. The van der Waals surface area contributed by atoms with Crippen molar-refractivity contribution in [1.82, 2.24) is 5.32 Å². The maximum Gasteiger partial charge on any atom is 0.254 e. The summed E-state index contributed by atoms with van der Waals surface area (Å²) in [6.45, 7) is 1.89. The van der Waals surface area contributed by atoms with Gasteiger partial charge in [0.15, 0.2) is 0 Å². The standard InChI is InChI=1S/C12H15ClN2O2S/c1-18-11-3-2-8(6-9(11)13)15-12(16)10-7-14-4-5-17-10/h2-3,6,10,14H,4-5,7H2,1H3,(H,15,16). The Morgan fingerprint density at radius 3 is 3.06 bits per heavy atom. The highest BCUT2D eigenvalue weighted by molar-refractivity contribution is 7.98. The number of anilines is 1. The third-order valence-corrected chi connectivity index (χ3v) is 3.86. The van der Waals surface area contributed by atoms with Crippen LogP contribution in [0.3, 0.4) is 0 Å². The first kappa shape index (κ1) is 13.7. The minimum atomic E-state index is -0.433. The fourth-order valence-electron chi connectivity index (χ4n) is 1.70. The number of carbonyl (C=O) groups is 1. The molecule has 1 aliphatic rings. The average Bonchev–Trinajstić information content (AvgIpc) is 2.40. The summed E-state index contributed by atoms with van der Waals surface area (Å²) in [6, 6.07) is 5.48. The quantitative estimate of drug-likeness (QED) is 0.835. The van der Waals surface area contributed by atoms with Gasteiger partial charge in [-0.3, -0.25) is 4.79 Å². The Morgan fingerprint density at radius 1 is 1.61 bits per heavy atom. The molecule has 0 aromatic heterocycles. The number of thioether (sulfide) groups is 1. The van der Waals surface area contributed by atoms with E-state index in [1.54, 1.807) is 17.8 Å². The van der Waals surface area contributed by atoms with Gasteiger partial charge in [-0.2, -0.15) is 0 Å². The lowest BCUT2D eigenvalue weighted by atomic mass is 10.2. The Labute approximate surface area is 115 Å². The molecule has 1 aromatic carbocycles. The van der Waals surface area contributed by atoms with Crippen molar-refractivity contribution in [2.24, 2.45) is 0 Å². The first-order chi connectivity index (χ1) is 8.70. The summed E-state index contributed by atoms with van der Waals surface area (Å²) < 4.78 is 5.38. The molecule has 1 aromatic rings. The zero-order chi connectivity index (χ0) is 13.0. The van der Waals surface area contributed by atoms with Gasteiger partial charge in [0.25, 0.3) is 5.91 Å². The molecule has 1 fully saturated rings. The van der Waals surface area contributed by atoms with E-state index in [4.69, 9.17) is 16.3 Å². The van der Waals surface area contributed by atoms with Gasteiger partial charge in [0.05, 0.1) is 11.6 Å². The number of halogens is 1. The van der Waals surface area contributed by atoms with Crippen LogP contribution in [0.2, 0.25) is 5.02 Å². The lowest BCUT2D eigenvalue weighted by Gasteiger charge is -2.22. The van der Waals surface area contributed by atoms with Gasteiger partial charge in [-0.05, 0) is 24.5 Å². The Kier molecular flexibility index (Phi) is 4.88. The number of carbonyl (C=O) groups excluding carboxylic acids is 1. The summed E-state index contributed by atoms with van der Waals surface area (Å²) in [6.07, 6.45) is 1.53. The highest BCUT2D eigenvalue weighted by Gasteiger charge is 2.21. The first-order valence-electron chi connectivity index (χ1n) is 5.67. The van der Waals surface area contributed by atoms with Gasteiger partial charge < -0.3 is 15.4 Å². The number of morpholine rings is 1. The molecule has 2 N–H and O–H groups in total. The van der Waals surface area contributed by atoms with E-state index in [-0.39, 0.29) is 5.91 Å². The van der Waals surface area contributed by atoms with Crippen molar-refractivity contribution in [3.8, 4) is 0 Å². The topological polar surface area (TPSA) is 50.4 Å². The van der Waals surface area contributed by atoms with E-state index in [9.17, 15) is 4.79 Å². The van der Waals surface area contributed by atoms with Gasteiger partial charge in [-0.15, -0.1) is 11.8 Å². The number of hydrogen-bond acceptors (Lipinski definition) is 4. The lowest BCUT2D eigenvalue weighted by molar-refractivity contribution is -0.128. The lowest BCUT2D eigenvalue weighted by Crippen LogP contribution is -2.45. The second kappa shape index (κ2) is 6.43. The molecule has 0 aliphatic carbocycles. The van der Waals surface area contributed by atoms with Gasteiger partial charge in [0.2, 0.25) is 0 Å². The molecule has 1 atom stereocenters. The number of ether oxygens (including phenoxy) is 1. The summed E-state index contributed by atoms with van der Waals surface area (Å²) in [5.74, 6) is -0.143. The van der Waals surface area contributed by atoms with E-state index >= 15 is 0 Å². The van der Waals surface area contributed by atoms with Gasteiger partial charge in [0, 0.05) is 23.7 Å². The van der Waals surface area contributed by atoms with E-state index in [0.717, 1.165) is 11.4 Å². The third-order valence-electron chi connectivity index (χ3n) is 2.64. The number of benzene rings is 1. The predicted octanol–water partition coefficient (Wildman–Crippen LogP) is 1.99. The molecule has 1 unspecified atom stereocenters. The Morgan fingerprint density at radius 2 is 2.44 bits per heavy atom. The monoisotopic (exact) mass is 286 g/mol. The van der Waals surface area contributed by atoms with Crippen LogP contribution in [-0.2, 0) is 9.53 Å². The molecule has 1 heterocycles. The molecule has 0 bridgehead atoms. The summed E-state index contributed by atoms with van der Waals surface area (Å²) in [4.78, 5) is 12.9. The first-order valence-corrected chi connectivity index (χ1v) is 7.27. The minimum Gasteiger partial charge on any atom is -0.366 e. The highest BCUT2D eigenvalue weighted by atomic mass is 35.5. The van der Waals surface area contributed by atoms with Gasteiger partial charge in [-0.25, -0.2) is 0 Å². The minimum absolute atomic E-state index is 0.143. The normalized spacial score (nSPS) is 19.6. The molecule has 1 amide bonds. The molecule has 2 rings (SSSR count). The zero-order valence-electron chi connectivity index (χ0n) is 10.0. The summed E-state index contributed by atoms with van der Waals surface area (Å²) in [7, 11) is 0. The smallest absolute Gasteiger partial charge is 0.254 e. The maximum atomic E-state index is 11.9. The fraction of sp³-hybridized carbons (Fsp3) is 0.417. The molecular formula is C12H15ClN2O2S. The maximum absolute atomic E-state index is 11.9. The molecule has 6 heteroatoms. The van der Waals surface area contributed by atoms with Crippen molar-refractivity contribution in [3.63, 3.8) is 0 Å². The molecule has 1 aliphatic heterocycles. The van der Waals surface area contributed by atoms with Crippen molar-refractivity contribution in [2.75, 3.05) is 31.3 Å². The summed E-state index contributed by atoms with van der Waals surface area (Å²) >= 11 is 7.65. The Bertz CT molecular complexity index is 436. The molecule has 0 saturated carbocycles. The summed E-state index contributed by atoms with van der Waals surface area (Å²) in [5.41, 5.74) is 0.692. The van der Waals surface area contributed by atoms with Crippen LogP contribution in [0.15, 0.2) is 23.1 Å². The van der Waals surface area contributed by atoms with Crippen LogP contribution in [0.1, 0.15) is 0 Å². The van der Waals surface area contributed by atoms with E-state index in [1.165, 1.54) is 0 Å². The highest BCUT2D eigenvalue weighted by Crippen LogP contribution is 2.28. The molecule has 98 valence electrons. The van der Waals surface area contributed by atoms with Gasteiger partial charge in [0.1, 0.15) is 6.10 Å². The Hall–Kier alpha value is -0.750. The number of amides is 1. The van der Waals surface area contributed by atoms with E-state index in [0.29, 0.717) is 23.9 Å². The van der Waals surface area contributed by atoms with Crippen LogP contribution < -0.4 is 10.6 Å². The van der Waals surface area contributed by atoms with E-state index in [1.807, 2.05) is 18.4 Å². The number of hydrogen-bond donors (Lipinski definition) is 2. The molecule has 0 radical (unpaired) electrons. The molecule has 0 spiro atoms. The predicted molar refractivity (Wildman–Crippen MR) is 74.5 cm³/mol. The molecule has 1 saturated heterocycles. The average molecular weight is 287 g/mol. The largest absolute Gasteiger partial charge is 0.366 e. The SMILES string of the molecule is CSc1ccc(NC(=O)C2CNCCO2)cc1Cl. The van der Waals surface area contributed by atoms with Gasteiger partial charge >= 0.3 is 0 Å². The van der Waals surface area contributed by atoms with Crippen molar-refractivity contribution in [2.45, 2.75) is 11.0 Å². The van der Waals surface area contributed by atoms with E-state index in [2.05, 4.69) is 10.6 Å². The van der Waals surface area contributed by atoms with Crippen molar-refractivity contribution in [3.05, 3.63) is 23.2 Å². The van der Waals surface area contributed by atoms with E-state index < -0.39 is 6.10 Å². The second-order valence-corrected chi connectivity index (χ2v) is 5.16. The number of nitrogens with one attached hydrogen (secondary N) is 2. The van der Waals surface area contributed by atoms with Gasteiger partial charge in [-0.1, -0.05) is 11.6 Å². The van der Waals surface area contributed by atoms with Crippen LogP contribution >= 0.6 is 23.4 Å². The Balaban J connectivity index is 2.00. The van der Waals surface area contributed by atoms with Crippen LogP contribution in [0.25, 0.3) is 0 Å². The third kappa shape index (κ3) is 3.38. The van der Waals surface area contributed by atoms with Crippen molar-refractivity contribution in [1.29, 1.82) is 0 Å². The van der Waals surface area contributed by atoms with Crippen molar-refractivity contribution < 1.29 is 9.53 Å². The van der Waals surface area contributed by atoms with Crippen molar-refractivity contribution >= 4 is 35.0 Å².